The minimum Gasteiger partial charge on any atom is -0.300 e. The van der Waals surface area contributed by atoms with Gasteiger partial charge in [0.15, 0.2) is 0 Å². The maximum Gasteiger partial charge on any atom is 0.238 e. The van der Waals surface area contributed by atoms with Crippen molar-refractivity contribution in [2.75, 3.05) is 24.5 Å². The Balaban J connectivity index is 1.72. The number of hydrogen-bond acceptors (Lipinski definition) is 4. The molecule has 2 aliphatic rings. The lowest BCUT2D eigenvalue weighted by Crippen LogP contribution is -2.68. The Morgan fingerprint density at radius 1 is 1.35 bits per heavy atom. The van der Waals surface area contributed by atoms with Crippen LogP contribution < -0.4 is 4.90 Å². The molecule has 1 aromatic heterocycles. The highest BCUT2D eigenvalue weighted by molar-refractivity contribution is 6.03. The van der Waals surface area contributed by atoms with Gasteiger partial charge in [-0.3, -0.25) is 14.6 Å². The zero-order chi connectivity index (χ0) is 14.2. The molecule has 0 aliphatic carbocycles. The number of carbonyl (C=O) groups is 1. The van der Waals surface area contributed by atoms with E-state index in [0.717, 1.165) is 38.9 Å². The summed E-state index contributed by atoms with van der Waals surface area (Å²) in [5.41, 5.74) is -0.180. The average molecular weight is 274 g/mol. The first-order chi connectivity index (χ1) is 9.66. The molecule has 0 radical (unpaired) electrons. The summed E-state index contributed by atoms with van der Waals surface area (Å²) in [6.45, 7) is 7.23. The number of β-lactam (4-membered cyclic amide) rings is 1. The van der Waals surface area contributed by atoms with Gasteiger partial charge >= 0.3 is 0 Å². The Hall–Kier alpha value is -1.49. The lowest BCUT2D eigenvalue weighted by atomic mass is 9.72. The van der Waals surface area contributed by atoms with Crippen molar-refractivity contribution in [2.45, 2.75) is 39.2 Å². The number of nitrogens with zero attached hydrogens (tertiary/aromatic N) is 4. The molecule has 0 bridgehead atoms. The summed E-state index contributed by atoms with van der Waals surface area (Å²) in [6.07, 6.45) is 6.62. The molecule has 2 fully saturated rings. The molecule has 3 rings (SSSR count). The Labute approximate surface area is 120 Å². The number of anilines is 1. The van der Waals surface area contributed by atoms with Gasteiger partial charge in [0.25, 0.3) is 0 Å². The number of piperidine rings is 1. The van der Waals surface area contributed by atoms with Crippen LogP contribution in [0.3, 0.4) is 0 Å². The fourth-order valence-corrected chi connectivity index (χ4v) is 3.33. The van der Waals surface area contributed by atoms with Crippen molar-refractivity contribution in [3.63, 3.8) is 0 Å². The normalized spacial score (nSPS) is 28.5. The second-order valence-electron chi connectivity index (χ2n) is 6.05. The van der Waals surface area contributed by atoms with E-state index in [0.29, 0.717) is 12.0 Å². The quantitative estimate of drug-likeness (QED) is 0.787. The fraction of sp³-hybridized carbons (Fsp3) is 0.667. The number of carbonyl (C=O) groups excluding carboxylic acids is 1. The standard InChI is InChI=1S/C15H22N4O/c1-3-12(2)18-9-4-6-15(10-18)11-19(13(15)20)14-16-7-5-8-17-14/h5,7-8,12H,3-4,6,9-11H2,1-2H3/t12-,15+/m0/s1. The third-order valence-corrected chi connectivity index (χ3v) is 4.77. The maximum atomic E-state index is 12.6. The zero-order valence-electron chi connectivity index (χ0n) is 12.2. The smallest absolute Gasteiger partial charge is 0.238 e. The lowest BCUT2D eigenvalue weighted by Gasteiger charge is -2.53. The van der Waals surface area contributed by atoms with Gasteiger partial charge in [0.1, 0.15) is 0 Å². The molecule has 108 valence electrons. The molecule has 20 heavy (non-hydrogen) atoms. The summed E-state index contributed by atoms with van der Waals surface area (Å²) in [6, 6.07) is 2.33. The fourth-order valence-electron chi connectivity index (χ4n) is 3.33. The van der Waals surface area contributed by atoms with Gasteiger partial charge in [-0.05, 0) is 38.8 Å². The number of hydrogen-bond donors (Lipinski definition) is 0. The van der Waals surface area contributed by atoms with Crippen LogP contribution in [0.5, 0.6) is 0 Å². The lowest BCUT2D eigenvalue weighted by molar-refractivity contribution is -0.140. The van der Waals surface area contributed by atoms with E-state index in [2.05, 4.69) is 28.7 Å². The molecule has 3 heterocycles. The number of aromatic nitrogens is 2. The summed E-state index contributed by atoms with van der Waals surface area (Å²) in [5.74, 6) is 0.750. The van der Waals surface area contributed by atoms with Crippen LogP contribution in [0.2, 0.25) is 0 Å². The van der Waals surface area contributed by atoms with Crippen molar-refractivity contribution >= 4 is 11.9 Å². The Kier molecular flexibility index (Phi) is 3.46. The van der Waals surface area contributed by atoms with Crippen LogP contribution in [0.1, 0.15) is 33.1 Å². The second kappa shape index (κ2) is 5.13. The van der Waals surface area contributed by atoms with Crippen molar-refractivity contribution in [3.05, 3.63) is 18.5 Å². The molecular formula is C15H22N4O. The van der Waals surface area contributed by atoms with Crippen molar-refractivity contribution in [3.8, 4) is 0 Å². The summed E-state index contributed by atoms with van der Waals surface area (Å²) < 4.78 is 0. The largest absolute Gasteiger partial charge is 0.300 e. The Morgan fingerprint density at radius 3 is 2.75 bits per heavy atom. The highest BCUT2D eigenvalue weighted by Crippen LogP contribution is 2.42. The van der Waals surface area contributed by atoms with Gasteiger partial charge in [-0.1, -0.05) is 6.92 Å². The van der Waals surface area contributed by atoms with E-state index in [4.69, 9.17) is 0 Å². The summed E-state index contributed by atoms with van der Waals surface area (Å²) >= 11 is 0. The average Bonchev–Trinajstić information content (AvgIpc) is 2.52. The summed E-state index contributed by atoms with van der Waals surface area (Å²) in [4.78, 5) is 25.2. The van der Waals surface area contributed by atoms with Gasteiger partial charge in [-0.25, -0.2) is 9.97 Å². The number of rotatable bonds is 3. The molecule has 2 saturated heterocycles. The van der Waals surface area contributed by atoms with E-state index in [1.165, 1.54) is 0 Å². The molecular weight excluding hydrogens is 252 g/mol. The van der Waals surface area contributed by atoms with E-state index in [1.54, 1.807) is 23.4 Å². The zero-order valence-corrected chi connectivity index (χ0v) is 12.2. The molecule has 0 aromatic carbocycles. The van der Waals surface area contributed by atoms with Crippen LogP contribution in [0.15, 0.2) is 18.5 Å². The molecule has 1 amide bonds. The van der Waals surface area contributed by atoms with Gasteiger partial charge in [-0.15, -0.1) is 0 Å². The van der Waals surface area contributed by atoms with E-state index in [9.17, 15) is 4.79 Å². The van der Waals surface area contributed by atoms with E-state index in [1.807, 2.05) is 0 Å². The third-order valence-electron chi connectivity index (χ3n) is 4.77. The van der Waals surface area contributed by atoms with Gasteiger partial charge in [-0.2, -0.15) is 0 Å². The Bertz CT molecular complexity index is 492. The molecule has 1 spiro atoms. The predicted octanol–water partition coefficient (Wildman–Crippen LogP) is 1.70. The van der Waals surface area contributed by atoms with Gasteiger partial charge in [0.2, 0.25) is 11.9 Å². The topological polar surface area (TPSA) is 49.3 Å². The summed E-state index contributed by atoms with van der Waals surface area (Å²) in [7, 11) is 0. The van der Waals surface area contributed by atoms with Crippen molar-refractivity contribution < 1.29 is 4.79 Å². The summed E-state index contributed by atoms with van der Waals surface area (Å²) in [5, 5.41) is 0. The first-order valence-corrected chi connectivity index (χ1v) is 7.49. The highest BCUT2D eigenvalue weighted by Gasteiger charge is 2.55. The van der Waals surface area contributed by atoms with Crippen LogP contribution in [-0.4, -0.2) is 46.5 Å². The second-order valence-corrected chi connectivity index (χ2v) is 6.05. The SMILES string of the molecule is CC[C@H](C)N1CCC[C@]2(CN(c3ncccn3)C2=O)C1. The molecule has 1 aromatic rings. The minimum atomic E-state index is -0.180. The maximum absolute atomic E-state index is 12.6. The van der Waals surface area contributed by atoms with E-state index >= 15 is 0 Å². The number of likely N-dealkylation sites (tertiary alicyclic amines) is 1. The van der Waals surface area contributed by atoms with Crippen molar-refractivity contribution in [1.82, 2.24) is 14.9 Å². The molecule has 0 saturated carbocycles. The van der Waals surface area contributed by atoms with Crippen LogP contribution in [-0.2, 0) is 4.79 Å². The third kappa shape index (κ3) is 2.10. The monoisotopic (exact) mass is 274 g/mol. The van der Waals surface area contributed by atoms with Crippen LogP contribution >= 0.6 is 0 Å². The molecule has 2 atom stereocenters. The van der Waals surface area contributed by atoms with Crippen LogP contribution in [0, 0.1) is 5.41 Å². The molecule has 5 heteroatoms. The number of amides is 1. The molecule has 5 nitrogen and oxygen atoms in total. The van der Waals surface area contributed by atoms with Crippen LogP contribution in [0.4, 0.5) is 5.95 Å². The molecule has 2 aliphatic heterocycles. The van der Waals surface area contributed by atoms with Crippen molar-refractivity contribution in [1.29, 1.82) is 0 Å². The van der Waals surface area contributed by atoms with E-state index < -0.39 is 0 Å². The molecule has 0 N–H and O–H groups in total. The first kappa shape index (κ1) is 13.5. The highest BCUT2D eigenvalue weighted by atomic mass is 16.2. The predicted molar refractivity (Wildman–Crippen MR) is 77.4 cm³/mol. The van der Waals surface area contributed by atoms with E-state index in [-0.39, 0.29) is 11.3 Å². The van der Waals surface area contributed by atoms with Gasteiger partial charge in [0.05, 0.1) is 5.41 Å². The van der Waals surface area contributed by atoms with Crippen LogP contribution in [0.25, 0.3) is 0 Å². The van der Waals surface area contributed by atoms with Gasteiger partial charge < -0.3 is 0 Å². The molecule has 0 unspecified atom stereocenters. The minimum absolute atomic E-state index is 0.180. The first-order valence-electron chi connectivity index (χ1n) is 7.49. The van der Waals surface area contributed by atoms with Gasteiger partial charge in [0, 0.05) is 31.5 Å². The van der Waals surface area contributed by atoms with Crippen molar-refractivity contribution in [2.24, 2.45) is 5.41 Å². The Morgan fingerprint density at radius 2 is 2.10 bits per heavy atom.